The van der Waals surface area contributed by atoms with Gasteiger partial charge in [-0.2, -0.15) is 0 Å². The van der Waals surface area contributed by atoms with Crippen molar-refractivity contribution in [1.29, 1.82) is 0 Å². The van der Waals surface area contributed by atoms with Crippen LogP contribution in [0.4, 0.5) is 0 Å². The van der Waals surface area contributed by atoms with Gasteiger partial charge in [-0.15, -0.1) is 0 Å². The minimum Gasteiger partial charge on any atom is -0.264 e. The average Bonchev–Trinajstić information content (AvgIpc) is 2.85. The Morgan fingerprint density at radius 2 is 1.10 bits per heavy atom. The van der Waals surface area contributed by atoms with E-state index >= 15 is 0 Å². The van der Waals surface area contributed by atoms with Crippen molar-refractivity contribution in [1.82, 2.24) is 15.0 Å². The van der Waals surface area contributed by atoms with Crippen molar-refractivity contribution in [3.63, 3.8) is 0 Å². The number of halogens is 1. The molecule has 0 radical (unpaired) electrons. The van der Waals surface area contributed by atoms with Crippen molar-refractivity contribution in [3.8, 4) is 45.0 Å². The van der Waals surface area contributed by atoms with Crippen LogP contribution in [0.25, 0.3) is 45.0 Å². The van der Waals surface area contributed by atoms with Crippen molar-refractivity contribution in [2.45, 2.75) is 0 Å². The smallest absolute Gasteiger partial charge is 0.160 e. The Morgan fingerprint density at radius 3 is 1.74 bits per heavy atom. The highest BCUT2D eigenvalue weighted by Crippen LogP contribution is 2.29. The summed E-state index contributed by atoms with van der Waals surface area (Å²) in [5.74, 6) is 0.706. The summed E-state index contributed by atoms with van der Waals surface area (Å²) in [5.41, 5.74) is 7.09. The molecule has 0 saturated heterocycles. The molecular formula is C27H18BrN3. The van der Waals surface area contributed by atoms with E-state index in [1.807, 2.05) is 48.7 Å². The topological polar surface area (TPSA) is 38.7 Å². The Hall–Kier alpha value is -3.63. The fourth-order valence-electron chi connectivity index (χ4n) is 3.45. The van der Waals surface area contributed by atoms with Crippen molar-refractivity contribution in [2.24, 2.45) is 0 Å². The molecule has 2 aromatic heterocycles. The standard InChI is InChI=1S/C27H18BrN3/c28-24-14-12-21(13-15-24)26-17-25(20-5-2-1-3-6-20)30-27(31-26)22-10-8-19(9-11-22)23-7-4-16-29-18-23/h1-18H. The number of nitrogens with zero attached hydrogens (tertiary/aromatic N) is 3. The normalized spacial score (nSPS) is 10.7. The van der Waals surface area contributed by atoms with Gasteiger partial charge in [0.25, 0.3) is 0 Å². The third kappa shape index (κ3) is 4.30. The lowest BCUT2D eigenvalue weighted by atomic mass is 10.0. The summed E-state index contributed by atoms with van der Waals surface area (Å²) in [4.78, 5) is 14.0. The molecule has 0 aliphatic carbocycles. The second-order valence-corrected chi connectivity index (χ2v) is 8.07. The lowest BCUT2D eigenvalue weighted by molar-refractivity contribution is 1.18. The number of pyridine rings is 1. The quantitative estimate of drug-likeness (QED) is 0.280. The van der Waals surface area contributed by atoms with Crippen LogP contribution in [0.5, 0.6) is 0 Å². The SMILES string of the molecule is Brc1ccc(-c2cc(-c3ccccc3)nc(-c3ccc(-c4cccnc4)cc3)n2)cc1. The molecule has 31 heavy (non-hydrogen) atoms. The van der Waals surface area contributed by atoms with Crippen LogP contribution in [-0.2, 0) is 0 Å². The van der Waals surface area contributed by atoms with Crippen LogP contribution in [0.15, 0.2) is 114 Å². The number of aromatic nitrogens is 3. The third-order valence-electron chi connectivity index (χ3n) is 5.07. The van der Waals surface area contributed by atoms with E-state index in [0.29, 0.717) is 5.82 Å². The molecule has 0 spiro atoms. The van der Waals surface area contributed by atoms with Gasteiger partial charge in [-0.3, -0.25) is 4.98 Å². The Balaban J connectivity index is 1.60. The molecule has 4 heteroatoms. The summed E-state index contributed by atoms with van der Waals surface area (Å²) in [5, 5.41) is 0. The molecule has 0 fully saturated rings. The Bertz CT molecular complexity index is 1300. The van der Waals surface area contributed by atoms with Gasteiger partial charge >= 0.3 is 0 Å². The maximum Gasteiger partial charge on any atom is 0.160 e. The molecule has 2 heterocycles. The fraction of sp³-hybridized carbons (Fsp3) is 0. The maximum atomic E-state index is 4.89. The van der Waals surface area contributed by atoms with Crippen LogP contribution in [0, 0.1) is 0 Å². The first-order valence-corrected chi connectivity index (χ1v) is 10.8. The lowest BCUT2D eigenvalue weighted by Gasteiger charge is -2.10. The number of hydrogen-bond acceptors (Lipinski definition) is 3. The predicted octanol–water partition coefficient (Wildman–Crippen LogP) is 7.30. The van der Waals surface area contributed by atoms with E-state index in [9.17, 15) is 0 Å². The second-order valence-electron chi connectivity index (χ2n) is 7.15. The van der Waals surface area contributed by atoms with Crippen molar-refractivity contribution in [2.75, 3.05) is 0 Å². The van der Waals surface area contributed by atoms with Crippen LogP contribution < -0.4 is 0 Å². The Kier molecular flexibility index (Phi) is 5.38. The van der Waals surface area contributed by atoms with Crippen LogP contribution in [0.1, 0.15) is 0 Å². The summed E-state index contributed by atoms with van der Waals surface area (Å²) in [7, 11) is 0. The van der Waals surface area contributed by atoms with Crippen molar-refractivity contribution in [3.05, 3.63) is 114 Å². The molecule has 3 nitrogen and oxygen atoms in total. The largest absolute Gasteiger partial charge is 0.264 e. The van der Waals surface area contributed by atoms with Gasteiger partial charge in [-0.05, 0) is 35.4 Å². The van der Waals surface area contributed by atoms with Crippen molar-refractivity contribution < 1.29 is 0 Å². The second kappa shape index (κ2) is 8.62. The molecule has 0 atom stereocenters. The fourth-order valence-corrected chi connectivity index (χ4v) is 3.71. The van der Waals surface area contributed by atoms with Crippen LogP contribution in [0.2, 0.25) is 0 Å². The predicted molar refractivity (Wildman–Crippen MR) is 129 cm³/mol. The number of hydrogen-bond donors (Lipinski definition) is 0. The van der Waals surface area contributed by atoms with E-state index in [0.717, 1.165) is 43.7 Å². The molecule has 0 unspecified atom stereocenters. The molecule has 0 amide bonds. The van der Waals surface area contributed by atoms with E-state index in [4.69, 9.17) is 9.97 Å². The lowest BCUT2D eigenvalue weighted by Crippen LogP contribution is -1.96. The van der Waals surface area contributed by atoms with E-state index in [-0.39, 0.29) is 0 Å². The minimum absolute atomic E-state index is 0.706. The van der Waals surface area contributed by atoms with Crippen LogP contribution >= 0.6 is 15.9 Å². The van der Waals surface area contributed by atoms with Gasteiger partial charge in [0.05, 0.1) is 11.4 Å². The van der Waals surface area contributed by atoms with E-state index < -0.39 is 0 Å². The van der Waals surface area contributed by atoms with Gasteiger partial charge in [0.15, 0.2) is 5.82 Å². The zero-order valence-electron chi connectivity index (χ0n) is 16.6. The first-order valence-electron chi connectivity index (χ1n) is 9.97. The Labute approximate surface area is 189 Å². The molecule has 0 N–H and O–H groups in total. The minimum atomic E-state index is 0.706. The molecule has 148 valence electrons. The summed E-state index contributed by atoms with van der Waals surface area (Å²) < 4.78 is 1.04. The highest BCUT2D eigenvalue weighted by molar-refractivity contribution is 9.10. The molecule has 0 saturated carbocycles. The molecule has 0 aliphatic heterocycles. The monoisotopic (exact) mass is 463 g/mol. The number of benzene rings is 3. The maximum absolute atomic E-state index is 4.89. The van der Waals surface area contributed by atoms with Gasteiger partial charge in [-0.25, -0.2) is 9.97 Å². The van der Waals surface area contributed by atoms with E-state index in [1.54, 1.807) is 6.20 Å². The van der Waals surface area contributed by atoms with Gasteiger partial charge < -0.3 is 0 Å². The van der Waals surface area contributed by atoms with Crippen LogP contribution in [0.3, 0.4) is 0 Å². The van der Waals surface area contributed by atoms with Crippen LogP contribution in [-0.4, -0.2) is 15.0 Å². The molecule has 0 aliphatic rings. The molecule has 0 bridgehead atoms. The van der Waals surface area contributed by atoms with Gasteiger partial charge in [0.1, 0.15) is 0 Å². The number of rotatable bonds is 4. The summed E-state index contributed by atoms with van der Waals surface area (Å²) in [6.07, 6.45) is 3.65. The van der Waals surface area contributed by atoms with Gasteiger partial charge in [-0.1, -0.05) is 88.7 Å². The first-order chi connectivity index (χ1) is 15.3. The highest BCUT2D eigenvalue weighted by Gasteiger charge is 2.11. The Morgan fingerprint density at radius 1 is 0.516 bits per heavy atom. The molecule has 5 rings (SSSR count). The first kappa shape index (κ1) is 19.3. The summed E-state index contributed by atoms with van der Waals surface area (Å²) in [6, 6.07) is 32.8. The van der Waals surface area contributed by atoms with Crippen molar-refractivity contribution >= 4 is 15.9 Å². The van der Waals surface area contributed by atoms with Gasteiger partial charge in [0, 0.05) is 33.6 Å². The molecule has 5 aromatic rings. The zero-order valence-corrected chi connectivity index (χ0v) is 18.2. The molecule has 3 aromatic carbocycles. The summed E-state index contributed by atoms with van der Waals surface area (Å²) >= 11 is 3.51. The van der Waals surface area contributed by atoms with E-state index in [2.05, 4.69) is 75.5 Å². The molecular weight excluding hydrogens is 446 g/mol. The van der Waals surface area contributed by atoms with Gasteiger partial charge in [0.2, 0.25) is 0 Å². The average molecular weight is 464 g/mol. The highest BCUT2D eigenvalue weighted by atomic mass is 79.9. The van der Waals surface area contributed by atoms with E-state index in [1.165, 1.54) is 0 Å². The zero-order chi connectivity index (χ0) is 21.0. The third-order valence-corrected chi connectivity index (χ3v) is 5.60. The summed E-state index contributed by atoms with van der Waals surface area (Å²) in [6.45, 7) is 0.